The minimum absolute atomic E-state index is 0.291. The Morgan fingerprint density at radius 1 is 1.07 bits per heavy atom. The molecule has 1 aromatic carbocycles. The summed E-state index contributed by atoms with van der Waals surface area (Å²) >= 11 is 4.86. The molecular weight excluding hydrogens is 206 g/mol. The van der Waals surface area contributed by atoms with Crippen molar-refractivity contribution < 1.29 is 14.4 Å². The molecule has 0 saturated heterocycles. The lowest BCUT2D eigenvalue weighted by Gasteiger charge is -1.99. The first-order valence-corrected chi connectivity index (χ1v) is 4.09. The van der Waals surface area contributed by atoms with Crippen LogP contribution in [-0.2, 0) is 9.59 Å². The lowest BCUT2D eigenvalue weighted by atomic mass is 10.2. The van der Waals surface area contributed by atoms with Gasteiger partial charge in [-0.3, -0.25) is 19.7 Å². The number of carbonyl (C=O) groups excluding carboxylic acids is 3. The summed E-state index contributed by atoms with van der Waals surface area (Å²) in [6.45, 7) is 0. The molecule has 0 fully saturated rings. The van der Waals surface area contributed by atoms with Crippen LogP contribution in [0.5, 0.6) is 0 Å². The molecule has 4 nitrogen and oxygen atoms in total. The van der Waals surface area contributed by atoms with Gasteiger partial charge in [0.05, 0.1) is 0 Å². The van der Waals surface area contributed by atoms with Gasteiger partial charge in [0.2, 0.25) is 0 Å². The number of halogens is 1. The predicted octanol–water partition coefficient (Wildman–Crippen LogP) is 0.708. The van der Waals surface area contributed by atoms with Crippen LogP contribution in [0.3, 0.4) is 0 Å². The van der Waals surface area contributed by atoms with Crippen molar-refractivity contribution in [3.05, 3.63) is 35.9 Å². The molecule has 0 bridgehead atoms. The van der Waals surface area contributed by atoms with Crippen molar-refractivity contribution >= 4 is 28.7 Å². The number of nitrogens with one attached hydrogen (secondary N) is 1. The highest BCUT2D eigenvalue weighted by Crippen LogP contribution is 1.97. The minimum Gasteiger partial charge on any atom is -0.284 e. The molecule has 0 unspecified atom stereocenters. The quantitative estimate of drug-likeness (QED) is 0.579. The zero-order chi connectivity index (χ0) is 10.6. The molecule has 72 valence electrons. The van der Waals surface area contributed by atoms with Crippen LogP contribution < -0.4 is 5.32 Å². The second-order valence-electron chi connectivity index (χ2n) is 2.42. The smallest absolute Gasteiger partial charge is 0.284 e. The Bertz CT molecular complexity index is 375. The van der Waals surface area contributed by atoms with Crippen molar-refractivity contribution in [2.24, 2.45) is 0 Å². The van der Waals surface area contributed by atoms with Crippen LogP contribution in [0.15, 0.2) is 30.3 Å². The van der Waals surface area contributed by atoms with Gasteiger partial charge in [0, 0.05) is 5.56 Å². The first-order valence-electron chi connectivity index (χ1n) is 3.71. The predicted molar refractivity (Wildman–Crippen MR) is 49.8 cm³/mol. The lowest BCUT2D eigenvalue weighted by molar-refractivity contribution is -0.132. The SMILES string of the molecule is O=C(Cl)C(=O)NC(=O)c1ccccc1. The fourth-order valence-corrected chi connectivity index (χ4v) is 0.861. The summed E-state index contributed by atoms with van der Waals surface area (Å²) in [7, 11) is 0. The van der Waals surface area contributed by atoms with Crippen LogP contribution in [0.1, 0.15) is 10.4 Å². The standard InChI is InChI=1S/C9H6ClNO3/c10-7(12)9(14)11-8(13)6-4-2-1-3-5-6/h1-5H,(H,11,13,14). The maximum Gasteiger partial charge on any atom is 0.310 e. The van der Waals surface area contributed by atoms with E-state index in [2.05, 4.69) is 0 Å². The number of benzene rings is 1. The van der Waals surface area contributed by atoms with Crippen LogP contribution in [0.25, 0.3) is 0 Å². The van der Waals surface area contributed by atoms with E-state index >= 15 is 0 Å². The summed E-state index contributed by atoms with van der Waals surface area (Å²) in [6.07, 6.45) is 0. The molecule has 0 heterocycles. The van der Waals surface area contributed by atoms with Crippen molar-refractivity contribution in [2.45, 2.75) is 0 Å². The number of hydrogen-bond donors (Lipinski definition) is 1. The molecule has 0 atom stereocenters. The molecule has 0 aliphatic carbocycles. The molecule has 2 amide bonds. The number of hydrogen-bond acceptors (Lipinski definition) is 3. The van der Waals surface area contributed by atoms with Gasteiger partial charge in [0.1, 0.15) is 0 Å². The molecule has 1 N–H and O–H groups in total. The zero-order valence-corrected chi connectivity index (χ0v) is 7.75. The summed E-state index contributed by atoms with van der Waals surface area (Å²) in [4.78, 5) is 32.2. The minimum atomic E-state index is -1.21. The van der Waals surface area contributed by atoms with Crippen LogP contribution in [0.2, 0.25) is 0 Å². The summed E-state index contributed by atoms with van der Waals surface area (Å²) in [5.74, 6) is -1.77. The summed E-state index contributed by atoms with van der Waals surface area (Å²) in [5.41, 5.74) is 0.291. The molecule has 14 heavy (non-hydrogen) atoms. The summed E-state index contributed by atoms with van der Waals surface area (Å²) in [5, 5.41) is 0.623. The van der Waals surface area contributed by atoms with E-state index in [4.69, 9.17) is 11.6 Å². The zero-order valence-electron chi connectivity index (χ0n) is 6.99. The Hall–Kier alpha value is -1.68. The average Bonchev–Trinajstić information content (AvgIpc) is 2.19. The summed E-state index contributed by atoms with van der Waals surface area (Å²) in [6, 6.07) is 8.04. The molecule has 5 heteroatoms. The van der Waals surface area contributed by atoms with Crippen LogP contribution >= 0.6 is 11.6 Å². The topological polar surface area (TPSA) is 63.2 Å². The number of imide groups is 1. The third-order valence-electron chi connectivity index (χ3n) is 1.44. The van der Waals surface area contributed by atoms with Gasteiger partial charge in [-0.05, 0) is 23.7 Å². The monoisotopic (exact) mass is 211 g/mol. The lowest BCUT2D eigenvalue weighted by Crippen LogP contribution is -2.33. The Kier molecular flexibility index (Phi) is 3.36. The highest BCUT2D eigenvalue weighted by molar-refractivity contribution is 6.81. The van der Waals surface area contributed by atoms with E-state index in [1.54, 1.807) is 18.2 Å². The van der Waals surface area contributed by atoms with Gasteiger partial charge in [-0.1, -0.05) is 18.2 Å². The van der Waals surface area contributed by atoms with E-state index in [0.717, 1.165) is 0 Å². The molecule has 0 aliphatic rings. The summed E-state index contributed by atoms with van der Waals surface area (Å²) < 4.78 is 0. The number of carbonyl (C=O) groups is 3. The molecule has 1 aromatic rings. The highest BCUT2D eigenvalue weighted by atomic mass is 35.5. The van der Waals surface area contributed by atoms with E-state index in [1.165, 1.54) is 12.1 Å². The van der Waals surface area contributed by atoms with Crippen molar-refractivity contribution in [3.63, 3.8) is 0 Å². The van der Waals surface area contributed by atoms with Gasteiger partial charge in [0.15, 0.2) is 0 Å². The van der Waals surface area contributed by atoms with E-state index < -0.39 is 17.1 Å². The Morgan fingerprint density at radius 2 is 1.64 bits per heavy atom. The molecule has 1 rings (SSSR count). The van der Waals surface area contributed by atoms with E-state index in [0.29, 0.717) is 5.56 Å². The fourth-order valence-electron chi connectivity index (χ4n) is 0.814. The Labute approximate surface area is 84.9 Å². The van der Waals surface area contributed by atoms with Gasteiger partial charge in [0.25, 0.3) is 5.91 Å². The second kappa shape index (κ2) is 4.53. The Balaban J connectivity index is 2.69. The van der Waals surface area contributed by atoms with Gasteiger partial charge in [-0.15, -0.1) is 0 Å². The third kappa shape index (κ3) is 2.67. The van der Waals surface area contributed by atoms with Gasteiger partial charge in [-0.2, -0.15) is 0 Å². The van der Waals surface area contributed by atoms with Gasteiger partial charge >= 0.3 is 11.1 Å². The Morgan fingerprint density at radius 3 is 2.14 bits per heavy atom. The highest BCUT2D eigenvalue weighted by Gasteiger charge is 2.14. The molecular formula is C9H6ClNO3. The second-order valence-corrected chi connectivity index (χ2v) is 2.77. The van der Waals surface area contributed by atoms with Crippen LogP contribution in [-0.4, -0.2) is 17.1 Å². The van der Waals surface area contributed by atoms with E-state index in [9.17, 15) is 14.4 Å². The normalized spacial score (nSPS) is 9.21. The first-order chi connectivity index (χ1) is 6.61. The average molecular weight is 212 g/mol. The van der Waals surface area contributed by atoms with E-state index in [1.807, 2.05) is 5.32 Å². The van der Waals surface area contributed by atoms with Crippen molar-refractivity contribution in [1.29, 1.82) is 0 Å². The van der Waals surface area contributed by atoms with Crippen LogP contribution in [0.4, 0.5) is 0 Å². The van der Waals surface area contributed by atoms with E-state index in [-0.39, 0.29) is 0 Å². The molecule has 0 saturated carbocycles. The number of rotatable bonds is 2. The van der Waals surface area contributed by atoms with Gasteiger partial charge < -0.3 is 0 Å². The van der Waals surface area contributed by atoms with Gasteiger partial charge in [-0.25, -0.2) is 0 Å². The molecule has 0 aliphatic heterocycles. The maximum atomic E-state index is 11.2. The van der Waals surface area contributed by atoms with Crippen LogP contribution in [0, 0.1) is 0 Å². The van der Waals surface area contributed by atoms with Crippen molar-refractivity contribution in [3.8, 4) is 0 Å². The van der Waals surface area contributed by atoms with Crippen molar-refractivity contribution in [1.82, 2.24) is 5.32 Å². The van der Waals surface area contributed by atoms with Crippen molar-refractivity contribution in [2.75, 3.05) is 0 Å². The third-order valence-corrected chi connectivity index (χ3v) is 1.61. The molecule has 0 spiro atoms. The molecule has 0 aromatic heterocycles. The largest absolute Gasteiger partial charge is 0.310 e. The fraction of sp³-hybridized carbons (Fsp3) is 0. The number of amides is 2. The molecule has 0 radical (unpaired) electrons. The maximum absolute atomic E-state index is 11.2. The first kappa shape index (κ1) is 10.4.